The smallest absolute Gasteiger partial charge is 0.235 e. The van der Waals surface area contributed by atoms with Gasteiger partial charge in [-0.05, 0) is 49.6 Å². The van der Waals surface area contributed by atoms with Gasteiger partial charge in [0.05, 0.1) is 5.25 Å². The van der Waals surface area contributed by atoms with Crippen LogP contribution in [0.3, 0.4) is 0 Å². The third-order valence-corrected chi connectivity index (χ3v) is 7.37. The Morgan fingerprint density at radius 2 is 1.69 bits per heavy atom. The van der Waals surface area contributed by atoms with Crippen LogP contribution >= 0.6 is 0 Å². The molecular formula is C22H32N4O2S. The molecule has 0 amide bonds. The molecule has 0 radical (unpaired) electrons. The molecule has 1 atom stereocenters. The number of pyridine rings is 1. The molecule has 7 heteroatoms. The van der Waals surface area contributed by atoms with Gasteiger partial charge in [-0.2, -0.15) is 0 Å². The Balaban J connectivity index is 1.45. The highest BCUT2D eigenvalue weighted by Crippen LogP contribution is 2.17. The maximum absolute atomic E-state index is 12.3. The van der Waals surface area contributed by atoms with Crippen LogP contribution in [0.2, 0.25) is 0 Å². The lowest BCUT2D eigenvalue weighted by molar-refractivity contribution is 0.261. The molecule has 3 rings (SSSR count). The van der Waals surface area contributed by atoms with Crippen molar-refractivity contribution in [2.75, 3.05) is 42.3 Å². The predicted molar refractivity (Wildman–Crippen MR) is 120 cm³/mol. The minimum absolute atomic E-state index is 0.377. The molecular weight excluding hydrogens is 384 g/mol. The topological polar surface area (TPSA) is 65.5 Å². The molecule has 1 fully saturated rings. The largest absolute Gasteiger partial charge is 0.369 e. The SMILES string of the molecule is CCCC(C)S(=O)(=O)Nc1ccc(CCN2CCN(c3ccncc3)CC2)cc1. The summed E-state index contributed by atoms with van der Waals surface area (Å²) in [7, 11) is -3.31. The molecule has 158 valence electrons. The van der Waals surface area contributed by atoms with Gasteiger partial charge in [0.15, 0.2) is 0 Å². The van der Waals surface area contributed by atoms with Gasteiger partial charge in [0.2, 0.25) is 10.0 Å². The van der Waals surface area contributed by atoms with Gasteiger partial charge in [0, 0.05) is 56.5 Å². The molecule has 1 unspecified atom stereocenters. The highest BCUT2D eigenvalue weighted by atomic mass is 32.2. The number of aromatic nitrogens is 1. The third kappa shape index (κ3) is 6.18. The molecule has 6 nitrogen and oxygen atoms in total. The van der Waals surface area contributed by atoms with Crippen molar-refractivity contribution in [3.05, 3.63) is 54.4 Å². The predicted octanol–water partition coefficient (Wildman–Crippen LogP) is 3.38. The van der Waals surface area contributed by atoms with Crippen molar-refractivity contribution in [1.82, 2.24) is 9.88 Å². The first kappa shape index (κ1) is 21.6. The molecule has 0 aliphatic carbocycles. The molecule has 1 aromatic carbocycles. The lowest BCUT2D eigenvalue weighted by atomic mass is 10.1. The fourth-order valence-corrected chi connectivity index (χ4v) is 4.85. The maximum Gasteiger partial charge on any atom is 0.235 e. The van der Waals surface area contributed by atoms with E-state index in [4.69, 9.17) is 0 Å². The molecule has 0 saturated carbocycles. The summed E-state index contributed by atoms with van der Waals surface area (Å²) in [6.07, 6.45) is 6.18. The minimum Gasteiger partial charge on any atom is -0.369 e. The first-order valence-corrected chi connectivity index (χ1v) is 12.0. The Kier molecular flexibility index (Phi) is 7.50. The van der Waals surface area contributed by atoms with Crippen molar-refractivity contribution >= 4 is 21.4 Å². The van der Waals surface area contributed by atoms with Crippen molar-refractivity contribution < 1.29 is 8.42 Å². The molecule has 29 heavy (non-hydrogen) atoms. The average molecular weight is 417 g/mol. The summed E-state index contributed by atoms with van der Waals surface area (Å²) in [5, 5.41) is -0.377. The van der Waals surface area contributed by atoms with Gasteiger partial charge in [0.25, 0.3) is 0 Å². The van der Waals surface area contributed by atoms with Crippen molar-refractivity contribution in [3.8, 4) is 0 Å². The van der Waals surface area contributed by atoms with Gasteiger partial charge in [-0.25, -0.2) is 8.42 Å². The van der Waals surface area contributed by atoms with Crippen molar-refractivity contribution in [1.29, 1.82) is 0 Å². The van der Waals surface area contributed by atoms with Crippen LogP contribution in [0.5, 0.6) is 0 Å². The van der Waals surface area contributed by atoms with Crippen molar-refractivity contribution in [2.24, 2.45) is 0 Å². The zero-order chi connectivity index (χ0) is 20.7. The van der Waals surface area contributed by atoms with Crippen LogP contribution in [0.15, 0.2) is 48.8 Å². The number of nitrogens with one attached hydrogen (secondary N) is 1. The highest BCUT2D eigenvalue weighted by Gasteiger charge is 2.20. The lowest BCUT2D eigenvalue weighted by Gasteiger charge is -2.36. The normalized spacial score (nSPS) is 16.6. The van der Waals surface area contributed by atoms with E-state index in [0.29, 0.717) is 12.1 Å². The van der Waals surface area contributed by atoms with E-state index in [9.17, 15) is 8.42 Å². The van der Waals surface area contributed by atoms with Crippen LogP contribution in [0.25, 0.3) is 0 Å². The number of hydrogen-bond acceptors (Lipinski definition) is 5. The van der Waals surface area contributed by atoms with E-state index < -0.39 is 10.0 Å². The Bertz CT molecular complexity index is 848. The second-order valence-corrected chi connectivity index (χ2v) is 9.83. The summed E-state index contributed by atoms with van der Waals surface area (Å²) in [4.78, 5) is 8.97. The third-order valence-electron chi connectivity index (χ3n) is 5.56. The Labute approximate surface area is 175 Å². The average Bonchev–Trinajstić information content (AvgIpc) is 2.74. The molecule has 1 N–H and O–H groups in total. The number of piperazine rings is 1. The monoisotopic (exact) mass is 416 g/mol. The summed E-state index contributed by atoms with van der Waals surface area (Å²) in [5.41, 5.74) is 3.11. The maximum atomic E-state index is 12.3. The Hall–Kier alpha value is -2.12. The number of rotatable bonds is 9. The van der Waals surface area contributed by atoms with E-state index >= 15 is 0 Å². The van der Waals surface area contributed by atoms with Gasteiger partial charge < -0.3 is 4.90 Å². The number of sulfonamides is 1. The molecule has 2 heterocycles. The second-order valence-electron chi connectivity index (χ2n) is 7.73. The Morgan fingerprint density at radius 1 is 1.03 bits per heavy atom. The standard InChI is InChI=1S/C22H32N4O2S/c1-3-4-19(2)29(27,28)24-21-7-5-20(6-8-21)11-14-25-15-17-26(18-16-25)22-9-12-23-13-10-22/h5-10,12-13,19,24H,3-4,11,14-18H2,1-2H3. The molecule has 0 bridgehead atoms. The molecule has 1 aliphatic rings. The van der Waals surface area contributed by atoms with Crippen LogP contribution in [0.4, 0.5) is 11.4 Å². The quantitative estimate of drug-likeness (QED) is 0.679. The highest BCUT2D eigenvalue weighted by molar-refractivity contribution is 7.93. The van der Waals surface area contributed by atoms with Crippen LogP contribution in [0, 0.1) is 0 Å². The molecule has 0 spiro atoms. The van der Waals surface area contributed by atoms with E-state index in [1.807, 2.05) is 43.6 Å². The van der Waals surface area contributed by atoms with E-state index in [1.165, 1.54) is 11.3 Å². The van der Waals surface area contributed by atoms with Gasteiger partial charge in [-0.3, -0.25) is 14.6 Å². The summed E-state index contributed by atoms with van der Waals surface area (Å²) in [5.74, 6) is 0. The fourth-order valence-electron chi connectivity index (χ4n) is 3.64. The van der Waals surface area contributed by atoms with Gasteiger partial charge in [0.1, 0.15) is 0 Å². The second kappa shape index (κ2) is 10.1. The van der Waals surface area contributed by atoms with Gasteiger partial charge in [-0.15, -0.1) is 0 Å². The van der Waals surface area contributed by atoms with Crippen molar-refractivity contribution in [3.63, 3.8) is 0 Å². The number of nitrogens with zero attached hydrogens (tertiary/aromatic N) is 3. The minimum atomic E-state index is -3.31. The number of anilines is 2. The summed E-state index contributed by atoms with van der Waals surface area (Å²) in [6, 6.07) is 11.9. The first-order valence-electron chi connectivity index (χ1n) is 10.5. The number of hydrogen-bond donors (Lipinski definition) is 1. The van der Waals surface area contributed by atoms with Gasteiger partial charge >= 0.3 is 0 Å². The van der Waals surface area contributed by atoms with Gasteiger partial charge in [-0.1, -0.05) is 25.5 Å². The summed E-state index contributed by atoms with van der Waals surface area (Å²) < 4.78 is 27.3. The van der Waals surface area contributed by atoms with E-state index in [0.717, 1.165) is 45.6 Å². The van der Waals surface area contributed by atoms with Crippen LogP contribution < -0.4 is 9.62 Å². The van der Waals surface area contributed by atoms with Crippen LogP contribution in [-0.4, -0.2) is 56.3 Å². The summed E-state index contributed by atoms with van der Waals surface area (Å²) in [6.45, 7) is 8.93. The molecule has 2 aromatic rings. The molecule has 1 aromatic heterocycles. The summed E-state index contributed by atoms with van der Waals surface area (Å²) >= 11 is 0. The molecule has 1 aliphatic heterocycles. The zero-order valence-corrected chi connectivity index (χ0v) is 18.2. The zero-order valence-electron chi connectivity index (χ0n) is 17.4. The Morgan fingerprint density at radius 3 is 2.31 bits per heavy atom. The lowest BCUT2D eigenvalue weighted by Crippen LogP contribution is -2.47. The fraction of sp³-hybridized carbons (Fsp3) is 0.500. The van der Waals surface area contributed by atoms with Crippen LogP contribution in [-0.2, 0) is 16.4 Å². The van der Waals surface area contributed by atoms with E-state index in [1.54, 1.807) is 6.92 Å². The molecule has 1 saturated heterocycles. The van der Waals surface area contributed by atoms with Crippen LogP contribution in [0.1, 0.15) is 32.3 Å². The van der Waals surface area contributed by atoms with E-state index in [2.05, 4.69) is 31.6 Å². The first-order chi connectivity index (χ1) is 14.0. The van der Waals surface area contributed by atoms with Crippen molar-refractivity contribution in [2.45, 2.75) is 38.4 Å². The number of benzene rings is 1. The van der Waals surface area contributed by atoms with E-state index in [-0.39, 0.29) is 5.25 Å².